The maximum absolute atomic E-state index is 11.2. The lowest BCUT2D eigenvalue weighted by Crippen LogP contribution is -2.00. The van der Waals surface area contributed by atoms with Gasteiger partial charge in [0.05, 0.1) is 11.1 Å². The topological polar surface area (TPSA) is 74.6 Å². The van der Waals surface area contributed by atoms with Gasteiger partial charge in [-0.3, -0.25) is 0 Å². The minimum Gasteiger partial charge on any atom is -0.478 e. The number of hydrogen-bond acceptors (Lipinski definition) is 2. The summed E-state index contributed by atoms with van der Waals surface area (Å²) in [5, 5.41) is 18.2. The number of carboxylic acid groups (broad SMARTS) is 2. The maximum atomic E-state index is 11.2. The van der Waals surface area contributed by atoms with E-state index < -0.39 is 11.9 Å². The fourth-order valence-electron chi connectivity index (χ4n) is 2.00. The molecule has 0 aliphatic heterocycles. The summed E-state index contributed by atoms with van der Waals surface area (Å²) in [6.07, 6.45) is 10.7. The summed E-state index contributed by atoms with van der Waals surface area (Å²) in [7, 11) is 0. The molecule has 2 N–H and O–H groups in total. The second kappa shape index (κ2) is 5.87. The van der Waals surface area contributed by atoms with E-state index in [0.717, 1.165) is 0 Å². The van der Waals surface area contributed by atoms with E-state index in [-0.39, 0.29) is 11.1 Å². The van der Waals surface area contributed by atoms with E-state index >= 15 is 0 Å². The molecular formula is C18H10O4. The van der Waals surface area contributed by atoms with Gasteiger partial charge in [0.15, 0.2) is 0 Å². The molecule has 4 nitrogen and oxygen atoms in total. The molecular weight excluding hydrogens is 280 g/mol. The van der Waals surface area contributed by atoms with Gasteiger partial charge in [0, 0.05) is 11.1 Å². The predicted molar refractivity (Wildman–Crippen MR) is 81.7 cm³/mol. The SMILES string of the molecule is C#Cc1cc(C(=O)O)cc(-c2cc(C#C)cc(C(=O)O)c2)c1. The lowest BCUT2D eigenvalue weighted by atomic mass is 9.96. The molecule has 0 spiro atoms. The van der Waals surface area contributed by atoms with E-state index in [9.17, 15) is 9.59 Å². The molecule has 0 fully saturated rings. The molecule has 0 saturated heterocycles. The van der Waals surface area contributed by atoms with Crippen LogP contribution in [0.2, 0.25) is 0 Å². The van der Waals surface area contributed by atoms with Crippen molar-refractivity contribution >= 4 is 11.9 Å². The Morgan fingerprint density at radius 2 is 1.09 bits per heavy atom. The van der Waals surface area contributed by atoms with Crippen LogP contribution in [0.25, 0.3) is 11.1 Å². The Balaban J connectivity index is 2.71. The highest BCUT2D eigenvalue weighted by molar-refractivity contribution is 5.92. The molecule has 0 aromatic heterocycles. The summed E-state index contributed by atoms with van der Waals surface area (Å²) in [6, 6.07) is 8.79. The van der Waals surface area contributed by atoms with Crippen molar-refractivity contribution in [2.24, 2.45) is 0 Å². The number of rotatable bonds is 3. The maximum Gasteiger partial charge on any atom is 0.335 e. The highest BCUT2D eigenvalue weighted by Crippen LogP contribution is 2.25. The minimum absolute atomic E-state index is 0.0217. The van der Waals surface area contributed by atoms with Gasteiger partial charge in [-0.25, -0.2) is 9.59 Å². The molecule has 2 aromatic rings. The van der Waals surface area contributed by atoms with Crippen LogP contribution in [0.4, 0.5) is 0 Å². The normalized spacial score (nSPS) is 9.55. The molecule has 0 bridgehead atoms. The highest BCUT2D eigenvalue weighted by Gasteiger charge is 2.11. The summed E-state index contributed by atoms with van der Waals surface area (Å²) < 4.78 is 0. The molecule has 2 aromatic carbocycles. The summed E-state index contributed by atoms with van der Waals surface area (Å²) in [5.74, 6) is 2.52. The number of benzene rings is 2. The summed E-state index contributed by atoms with van der Waals surface area (Å²) in [5.41, 5.74) is 1.80. The number of carboxylic acids is 2. The van der Waals surface area contributed by atoms with Gasteiger partial charge in [-0.2, -0.15) is 0 Å². The van der Waals surface area contributed by atoms with Crippen LogP contribution >= 0.6 is 0 Å². The van der Waals surface area contributed by atoms with E-state index in [0.29, 0.717) is 22.3 Å². The molecule has 0 unspecified atom stereocenters. The largest absolute Gasteiger partial charge is 0.478 e. The van der Waals surface area contributed by atoms with Crippen LogP contribution in [0.15, 0.2) is 36.4 Å². The quantitative estimate of drug-likeness (QED) is 0.852. The Labute approximate surface area is 127 Å². The third kappa shape index (κ3) is 2.98. The number of carbonyl (C=O) groups is 2. The van der Waals surface area contributed by atoms with Gasteiger partial charge < -0.3 is 10.2 Å². The van der Waals surface area contributed by atoms with E-state index in [1.165, 1.54) is 24.3 Å². The second-order valence-corrected chi connectivity index (χ2v) is 4.50. The highest BCUT2D eigenvalue weighted by atomic mass is 16.4. The number of hydrogen-bond donors (Lipinski definition) is 2. The van der Waals surface area contributed by atoms with Gasteiger partial charge in [-0.1, -0.05) is 11.8 Å². The molecule has 0 aliphatic rings. The lowest BCUT2D eigenvalue weighted by molar-refractivity contribution is 0.0686. The summed E-state index contributed by atoms with van der Waals surface area (Å²) in [6.45, 7) is 0. The molecule has 2 rings (SSSR count). The zero-order valence-corrected chi connectivity index (χ0v) is 11.3. The van der Waals surface area contributed by atoms with Crippen molar-refractivity contribution in [2.75, 3.05) is 0 Å². The average Bonchev–Trinajstić information content (AvgIpc) is 2.53. The van der Waals surface area contributed by atoms with Crippen molar-refractivity contribution in [3.63, 3.8) is 0 Å². The smallest absolute Gasteiger partial charge is 0.335 e. The molecule has 0 aliphatic carbocycles. The lowest BCUT2D eigenvalue weighted by Gasteiger charge is -2.07. The van der Waals surface area contributed by atoms with E-state index in [4.69, 9.17) is 23.1 Å². The predicted octanol–water partition coefficient (Wildman–Crippen LogP) is 2.71. The van der Waals surface area contributed by atoms with E-state index in [1.807, 2.05) is 0 Å². The van der Waals surface area contributed by atoms with Gasteiger partial charge in [-0.15, -0.1) is 12.8 Å². The van der Waals surface area contributed by atoms with Crippen LogP contribution in [-0.2, 0) is 0 Å². The van der Waals surface area contributed by atoms with Crippen molar-refractivity contribution in [1.82, 2.24) is 0 Å². The Morgan fingerprint density at radius 1 is 0.727 bits per heavy atom. The van der Waals surface area contributed by atoms with Crippen LogP contribution in [-0.4, -0.2) is 22.2 Å². The van der Waals surface area contributed by atoms with Crippen molar-refractivity contribution < 1.29 is 19.8 Å². The van der Waals surface area contributed by atoms with Crippen LogP contribution in [0, 0.1) is 24.7 Å². The van der Waals surface area contributed by atoms with Gasteiger partial charge >= 0.3 is 11.9 Å². The van der Waals surface area contributed by atoms with E-state index in [2.05, 4.69) is 11.8 Å². The molecule has 0 atom stereocenters. The Bertz CT molecular complexity index is 790. The van der Waals surface area contributed by atoms with Crippen LogP contribution in [0.1, 0.15) is 31.8 Å². The molecule has 22 heavy (non-hydrogen) atoms. The van der Waals surface area contributed by atoms with Crippen LogP contribution in [0.3, 0.4) is 0 Å². The molecule has 0 radical (unpaired) electrons. The van der Waals surface area contributed by atoms with Gasteiger partial charge in [0.2, 0.25) is 0 Å². The average molecular weight is 290 g/mol. The second-order valence-electron chi connectivity index (χ2n) is 4.50. The summed E-state index contributed by atoms with van der Waals surface area (Å²) in [4.78, 5) is 22.3. The first-order valence-electron chi connectivity index (χ1n) is 6.15. The monoisotopic (exact) mass is 290 g/mol. The first-order chi connectivity index (χ1) is 10.4. The zero-order valence-electron chi connectivity index (χ0n) is 11.3. The zero-order chi connectivity index (χ0) is 16.3. The first kappa shape index (κ1) is 14.9. The summed E-state index contributed by atoms with van der Waals surface area (Å²) >= 11 is 0. The fourth-order valence-corrected chi connectivity index (χ4v) is 2.00. The molecule has 4 heteroatoms. The Morgan fingerprint density at radius 3 is 1.36 bits per heavy atom. The molecule has 0 heterocycles. The van der Waals surface area contributed by atoms with E-state index in [1.54, 1.807) is 12.1 Å². The van der Waals surface area contributed by atoms with Crippen molar-refractivity contribution in [1.29, 1.82) is 0 Å². The van der Waals surface area contributed by atoms with Crippen molar-refractivity contribution in [3.8, 4) is 35.8 Å². The van der Waals surface area contributed by atoms with Crippen molar-refractivity contribution in [2.45, 2.75) is 0 Å². The number of aromatic carboxylic acids is 2. The first-order valence-corrected chi connectivity index (χ1v) is 6.15. The Hall–Kier alpha value is -3.50. The molecule has 0 saturated carbocycles. The van der Waals surface area contributed by atoms with Crippen LogP contribution < -0.4 is 0 Å². The minimum atomic E-state index is -1.12. The van der Waals surface area contributed by atoms with Gasteiger partial charge in [-0.05, 0) is 47.5 Å². The molecule has 0 amide bonds. The van der Waals surface area contributed by atoms with Crippen molar-refractivity contribution in [3.05, 3.63) is 58.7 Å². The third-order valence-electron chi connectivity index (χ3n) is 3.03. The standard InChI is InChI=1S/C18H10O4/c1-3-11-5-13(9-15(7-11)17(19)20)14-6-12(4-2)8-16(10-14)18(21)22/h1-2,5-10H,(H,19,20)(H,21,22). The van der Waals surface area contributed by atoms with Gasteiger partial charge in [0.1, 0.15) is 0 Å². The Kier molecular flexibility index (Phi) is 3.97. The number of terminal acetylenes is 2. The van der Waals surface area contributed by atoms with Gasteiger partial charge in [0.25, 0.3) is 0 Å². The third-order valence-corrected chi connectivity index (χ3v) is 3.03. The van der Waals surface area contributed by atoms with Crippen LogP contribution in [0.5, 0.6) is 0 Å². The fraction of sp³-hybridized carbons (Fsp3) is 0. The molecule has 106 valence electrons.